The monoisotopic (exact) mass is 304 g/mol. The van der Waals surface area contributed by atoms with Gasteiger partial charge in [0.1, 0.15) is 0 Å². The Hall–Kier alpha value is -1.46. The average Bonchev–Trinajstić information content (AvgIpc) is 3.00. The highest BCUT2D eigenvalue weighted by Crippen LogP contribution is 2.20. The fraction of sp³-hybridized carbons (Fsp3) is 0.500. The molecule has 0 aliphatic carbocycles. The summed E-state index contributed by atoms with van der Waals surface area (Å²) in [5.74, 6) is 0.0709. The molecule has 1 aromatic heterocycles. The third-order valence-corrected chi connectivity index (χ3v) is 4.75. The highest BCUT2D eigenvalue weighted by Gasteiger charge is 2.21. The van der Waals surface area contributed by atoms with Crippen LogP contribution in [-0.4, -0.2) is 41.6 Å². The molecule has 1 aromatic carbocycles. The van der Waals surface area contributed by atoms with E-state index >= 15 is 0 Å². The summed E-state index contributed by atoms with van der Waals surface area (Å²) in [6.45, 7) is 4.22. The van der Waals surface area contributed by atoms with Gasteiger partial charge in [-0.2, -0.15) is 0 Å². The lowest BCUT2D eigenvalue weighted by atomic mass is 10.1. The molecule has 2 aromatic rings. The van der Waals surface area contributed by atoms with Crippen LogP contribution in [0, 0.1) is 0 Å². The highest BCUT2D eigenvalue weighted by atomic mass is 32.1. The summed E-state index contributed by atoms with van der Waals surface area (Å²) in [4.78, 5) is 18.8. The van der Waals surface area contributed by atoms with E-state index in [1.165, 1.54) is 6.42 Å². The first kappa shape index (κ1) is 14.5. The zero-order chi connectivity index (χ0) is 14.7. The molecule has 0 spiro atoms. The SMILES string of the molecule is CCN(C[C@@H]1CCCCO1)C(=O)c1ccc2scnc2c1. The van der Waals surface area contributed by atoms with Crippen LogP contribution in [0.4, 0.5) is 0 Å². The number of ether oxygens (including phenoxy) is 1. The van der Waals surface area contributed by atoms with Gasteiger partial charge in [0, 0.05) is 25.3 Å². The van der Waals surface area contributed by atoms with E-state index in [-0.39, 0.29) is 12.0 Å². The van der Waals surface area contributed by atoms with E-state index in [1.807, 2.05) is 35.5 Å². The lowest BCUT2D eigenvalue weighted by Gasteiger charge is -2.29. The first-order valence-electron chi connectivity index (χ1n) is 7.52. The molecule has 0 radical (unpaired) electrons. The number of rotatable bonds is 4. The maximum Gasteiger partial charge on any atom is 0.254 e. The number of aromatic nitrogens is 1. The zero-order valence-corrected chi connectivity index (χ0v) is 13.1. The molecule has 112 valence electrons. The number of carbonyl (C=O) groups is 1. The van der Waals surface area contributed by atoms with E-state index in [9.17, 15) is 4.79 Å². The van der Waals surface area contributed by atoms with Gasteiger partial charge in [-0.15, -0.1) is 11.3 Å². The largest absolute Gasteiger partial charge is 0.376 e. The number of likely N-dealkylation sites (N-methyl/N-ethyl adjacent to an activating group) is 1. The van der Waals surface area contributed by atoms with Crippen LogP contribution in [0.5, 0.6) is 0 Å². The summed E-state index contributed by atoms with van der Waals surface area (Å²) in [6, 6.07) is 5.76. The van der Waals surface area contributed by atoms with E-state index in [4.69, 9.17) is 4.74 Å². The van der Waals surface area contributed by atoms with E-state index in [2.05, 4.69) is 4.98 Å². The van der Waals surface area contributed by atoms with Crippen LogP contribution in [0.25, 0.3) is 10.2 Å². The summed E-state index contributed by atoms with van der Waals surface area (Å²) in [6.07, 6.45) is 3.57. The van der Waals surface area contributed by atoms with Crippen LogP contribution in [-0.2, 0) is 4.74 Å². The van der Waals surface area contributed by atoms with Crippen molar-refractivity contribution in [2.24, 2.45) is 0 Å². The fourth-order valence-electron chi connectivity index (χ4n) is 2.73. The second-order valence-electron chi connectivity index (χ2n) is 5.37. The molecule has 1 fully saturated rings. The Labute approximate surface area is 128 Å². The maximum atomic E-state index is 12.7. The molecule has 5 heteroatoms. The van der Waals surface area contributed by atoms with Crippen LogP contribution < -0.4 is 0 Å². The van der Waals surface area contributed by atoms with Gasteiger partial charge in [0.05, 0.1) is 21.8 Å². The first-order valence-corrected chi connectivity index (χ1v) is 8.40. The normalized spacial score (nSPS) is 18.8. The summed E-state index contributed by atoms with van der Waals surface area (Å²) in [5.41, 5.74) is 3.42. The van der Waals surface area contributed by atoms with Gasteiger partial charge in [-0.1, -0.05) is 0 Å². The summed E-state index contributed by atoms with van der Waals surface area (Å²) in [5, 5.41) is 0. The van der Waals surface area contributed by atoms with Crippen LogP contribution in [0.15, 0.2) is 23.7 Å². The average molecular weight is 304 g/mol. The van der Waals surface area contributed by atoms with Gasteiger partial charge in [0.15, 0.2) is 0 Å². The highest BCUT2D eigenvalue weighted by molar-refractivity contribution is 7.16. The predicted octanol–water partition coefficient (Wildman–Crippen LogP) is 3.33. The van der Waals surface area contributed by atoms with Crippen molar-refractivity contribution in [3.05, 3.63) is 29.3 Å². The quantitative estimate of drug-likeness (QED) is 0.870. The number of benzene rings is 1. The van der Waals surface area contributed by atoms with Gasteiger partial charge in [-0.3, -0.25) is 4.79 Å². The van der Waals surface area contributed by atoms with Crippen molar-refractivity contribution in [3.63, 3.8) is 0 Å². The molecule has 1 saturated heterocycles. The molecular formula is C16H20N2O2S. The van der Waals surface area contributed by atoms with Gasteiger partial charge in [-0.25, -0.2) is 4.98 Å². The van der Waals surface area contributed by atoms with Crippen molar-refractivity contribution in [1.82, 2.24) is 9.88 Å². The Balaban J connectivity index is 1.74. The molecule has 4 nitrogen and oxygen atoms in total. The number of hydrogen-bond acceptors (Lipinski definition) is 4. The number of amides is 1. The number of hydrogen-bond donors (Lipinski definition) is 0. The molecule has 0 bridgehead atoms. The van der Waals surface area contributed by atoms with Gasteiger partial charge in [0.25, 0.3) is 5.91 Å². The molecule has 0 saturated carbocycles. The molecule has 1 aliphatic rings. The molecular weight excluding hydrogens is 284 g/mol. The minimum Gasteiger partial charge on any atom is -0.376 e. The van der Waals surface area contributed by atoms with Crippen molar-refractivity contribution in [2.75, 3.05) is 19.7 Å². The van der Waals surface area contributed by atoms with Gasteiger partial charge in [-0.05, 0) is 44.4 Å². The lowest BCUT2D eigenvalue weighted by molar-refractivity contribution is -0.00311. The van der Waals surface area contributed by atoms with Gasteiger partial charge in [0.2, 0.25) is 0 Å². The van der Waals surface area contributed by atoms with Crippen LogP contribution in [0.3, 0.4) is 0 Å². The predicted molar refractivity (Wildman–Crippen MR) is 84.8 cm³/mol. The Kier molecular flexibility index (Phi) is 4.51. The number of nitrogens with zero attached hydrogens (tertiary/aromatic N) is 2. The minimum atomic E-state index is 0.0709. The molecule has 0 unspecified atom stereocenters. The molecule has 21 heavy (non-hydrogen) atoms. The van der Waals surface area contributed by atoms with E-state index in [0.717, 1.165) is 29.7 Å². The molecule has 1 atom stereocenters. The van der Waals surface area contributed by atoms with Crippen molar-refractivity contribution in [2.45, 2.75) is 32.3 Å². The summed E-state index contributed by atoms with van der Waals surface area (Å²) in [7, 11) is 0. The number of fused-ring (bicyclic) bond motifs is 1. The zero-order valence-electron chi connectivity index (χ0n) is 12.2. The van der Waals surface area contributed by atoms with Gasteiger partial charge < -0.3 is 9.64 Å². The Morgan fingerprint density at radius 2 is 2.38 bits per heavy atom. The summed E-state index contributed by atoms with van der Waals surface area (Å²) >= 11 is 1.59. The van der Waals surface area contributed by atoms with Crippen LogP contribution in [0.2, 0.25) is 0 Å². The first-order chi connectivity index (χ1) is 10.3. The molecule has 1 aliphatic heterocycles. The third kappa shape index (κ3) is 3.24. The van der Waals surface area contributed by atoms with Crippen LogP contribution >= 0.6 is 11.3 Å². The van der Waals surface area contributed by atoms with Crippen molar-refractivity contribution < 1.29 is 9.53 Å². The topological polar surface area (TPSA) is 42.4 Å². The summed E-state index contributed by atoms with van der Waals surface area (Å²) < 4.78 is 6.87. The molecule has 2 heterocycles. The Bertz CT molecular complexity index is 620. The van der Waals surface area contributed by atoms with Crippen LogP contribution in [0.1, 0.15) is 36.5 Å². The maximum absolute atomic E-state index is 12.7. The second-order valence-corrected chi connectivity index (χ2v) is 6.25. The van der Waals surface area contributed by atoms with Crippen molar-refractivity contribution >= 4 is 27.5 Å². The number of thiazole rings is 1. The van der Waals surface area contributed by atoms with Crippen molar-refractivity contribution in [3.8, 4) is 0 Å². The standard InChI is InChI=1S/C16H20N2O2S/c1-2-18(10-13-5-3-4-8-20-13)16(19)12-6-7-15-14(9-12)17-11-21-15/h6-7,9,11,13H,2-5,8,10H2,1H3/t13-/m0/s1. The smallest absolute Gasteiger partial charge is 0.254 e. The Morgan fingerprint density at radius 3 is 3.14 bits per heavy atom. The van der Waals surface area contributed by atoms with E-state index in [0.29, 0.717) is 18.7 Å². The van der Waals surface area contributed by atoms with Gasteiger partial charge >= 0.3 is 0 Å². The Morgan fingerprint density at radius 1 is 1.48 bits per heavy atom. The third-order valence-electron chi connectivity index (χ3n) is 3.94. The van der Waals surface area contributed by atoms with E-state index < -0.39 is 0 Å². The van der Waals surface area contributed by atoms with Crippen molar-refractivity contribution in [1.29, 1.82) is 0 Å². The molecule has 1 amide bonds. The second kappa shape index (κ2) is 6.54. The minimum absolute atomic E-state index is 0.0709. The molecule has 3 rings (SSSR count). The fourth-order valence-corrected chi connectivity index (χ4v) is 3.39. The molecule has 0 N–H and O–H groups in total. The number of carbonyl (C=O) groups excluding carboxylic acids is 1. The van der Waals surface area contributed by atoms with E-state index in [1.54, 1.807) is 11.3 Å². The lowest BCUT2D eigenvalue weighted by Crippen LogP contribution is -2.39.